The number of hydrogen-bond acceptors (Lipinski definition) is 1. The first-order valence-corrected chi connectivity index (χ1v) is 2.02. The topological polar surface area (TPSA) is 20.2 Å². The van der Waals surface area contributed by atoms with Gasteiger partial charge in [0.2, 0.25) is 0 Å². The summed E-state index contributed by atoms with van der Waals surface area (Å²) in [6.45, 7) is 2.40. The molecule has 7 heavy (non-hydrogen) atoms. The molecule has 0 bridgehead atoms. The van der Waals surface area contributed by atoms with Crippen molar-refractivity contribution in [1.29, 1.82) is 0 Å². The van der Waals surface area contributed by atoms with Gasteiger partial charge in [-0.15, -0.1) is 0 Å². The van der Waals surface area contributed by atoms with Gasteiger partial charge >= 0.3 is 0 Å². The maximum atomic E-state index is 8.07. The number of rotatable bonds is 2. The molecule has 0 atom stereocenters. The first-order chi connectivity index (χ1) is 2.41. The summed E-state index contributed by atoms with van der Waals surface area (Å²) in [5.41, 5.74) is 0. The van der Waals surface area contributed by atoms with Crippen molar-refractivity contribution in [2.45, 2.75) is 19.8 Å². The van der Waals surface area contributed by atoms with Gasteiger partial charge in [0.15, 0.2) is 0 Å². The van der Waals surface area contributed by atoms with Gasteiger partial charge in [0.25, 0.3) is 0 Å². The van der Waals surface area contributed by atoms with Crippen LogP contribution in [-0.2, 0) is 21.7 Å². The van der Waals surface area contributed by atoms with Crippen LogP contribution in [0.5, 0.6) is 0 Å². The number of unbranched alkanes of at least 4 members (excludes halogenated alkanes) is 1. The van der Waals surface area contributed by atoms with E-state index in [4.69, 9.17) is 5.11 Å². The summed E-state index contributed by atoms with van der Waals surface area (Å²) in [6.07, 6.45) is 2.04. The van der Waals surface area contributed by atoms with Gasteiger partial charge in [0.1, 0.15) is 0 Å². The second-order valence-corrected chi connectivity index (χ2v) is 1.08. The van der Waals surface area contributed by atoms with E-state index in [0.717, 1.165) is 12.8 Å². The van der Waals surface area contributed by atoms with Gasteiger partial charge in [-0.05, 0) is 6.42 Å². The zero-order valence-electron chi connectivity index (χ0n) is 5.07. The predicted molar refractivity (Wildman–Crippen MR) is 28.4 cm³/mol. The van der Waals surface area contributed by atoms with Crippen molar-refractivity contribution in [2.24, 2.45) is 0 Å². The molecule has 0 aromatic rings. The molecule has 2 heteroatoms. The minimum absolute atomic E-state index is 0. The largest absolute Gasteiger partial charge is 0.396 e. The van der Waals surface area contributed by atoms with E-state index in [1.807, 2.05) is 0 Å². The second-order valence-electron chi connectivity index (χ2n) is 1.08. The van der Waals surface area contributed by atoms with Crippen molar-refractivity contribution in [3.05, 3.63) is 7.43 Å². The predicted octanol–water partition coefficient (Wildman–Crippen LogP) is 1.23. The van der Waals surface area contributed by atoms with E-state index in [1.54, 1.807) is 0 Å². The van der Waals surface area contributed by atoms with E-state index < -0.39 is 0 Å². The smallest absolute Gasteiger partial charge is 0.0430 e. The van der Waals surface area contributed by atoms with Gasteiger partial charge in [0, 0.05) is 28.3 Å². The molecule has 1 N–H and O–H groups in total. The average molecular weight is 137 g/mol. The Kier molecular flexibility index (Phi) is 35.6. The Labute approximate surface area is 61.0 Å². The standard InChI is InChI=1S/C4H10O.CH3.Ti/c1-2-3-4-5;;/h5H,2-4H2,1H3;1H3;/q;-1;. The quantitative estimate of drug-likeness (QED) is 0.448. The maximum Gasteiger partial charge on any atom is 0.0430 e. The van der Waals surface area contributed by atoms with Crippen molar-refractivity contribution in [1.82, 2.24) is 0 Å². The van der Waals surface area contributed by atoms with Crippen molar-refractivity contribution in [3.63, 3.8) is 0 Å². The molecule has 0 spiro atoms. The molecule has 44 valence electrons. The van der Waals surface area contributed by atoms with Gasteiger partial charge in [0.05, 0.1) is 0 Å². The molecule has 0 fully saturated rings. The summed E-state index contributed by atoms with van der Waals surface area (Å²) in [4.78, 5) is 0. The normalized spacial score (nSPS) is 6.00. The molecule has 0 aromatic carbocycles. The first kappa shape index (κ1) is 15.6. The molecule has 0 rings (SSSR count). The molecule has 0 aromatic heterocycles. The molecule has 0 amide bonds. The molecular weight excluding hydrogens is 124 g/mol. The van der Waals surface area contributed by atoms with E-state index >= 15 is 0 Å². The van der Waals surface area contributed by atoms with Gasteiger partial charge in [-0.1, -0.05) is 13.3 Å². The summed E-state index contributed by atoms with van der Waals surface area (Å²) < 4.78 is 0. The third-order valence-electron chi connectivity index (χ3n) is 0.512. The van der Waals surface area contributed by atoms with Crippen LogP contribution in [0.25, 0.3) is 0 Å². The third kappa shape index (κ3) is 20.4. The van der Waals surface area contributed by atoms with Crippen LogP contribution in [0.15, 0.2) is 0 Å². The Balaban J connectivity index is -0.0000000800. The first-order valence-electron chi connectivity index (χ1n) is 2.02. The summed E-state index contributed by atoms with van der Waals surface area (Å²) >= 11 is 0. The van der Waals surface area contributed by atoms with E-state index in [9.17, 15) is 0 Å². The van der Waals surface area contributed by atoms with Crippen molar-refractivity contribution >= 4 is 0 Å². The van der Waals surface area contributed by atoms with Crippen LogP contribution in [0.3, 0.4) is 0 Å². The Hall–Kier alpha value is 0.674. The molecule has 0 heterocycles. The Morgan fingerprint density at radius 2 is 1.86 bits per heavy atom. The minimum atomic E-state index is 0. The summed E-state index contributed by atoms with van der Waals surface area (Å²) in [5.74, 6) is 0. The van der Waals surface area contributed by atoms with E-state index in [1.165, 1.54) is 0 Å². The minimum Gasteiger partial charge on any atom is -0.396 e. The summed E-state index contributed by atoms with van der Waals surface area (Å²) in [6, 6.07) is 0. The van der Waals surface area contributed by atoms with Crippen LogP contribution in [0.1, 0.15) is 19.8 Å². The average Bonchev–Trinajstić information content (AvgIpc) is 1.41. The zero-order chi connectivity index (χ0) is 4.12. The number of aliphatic hydroxyl groups excluding tert-OH is 1. The number of hydrogen-bond donors (Lipinski definition) is 1. The van der Waals surface area contributed by atoms with Gasteiger partial charge < -0.3 is 12.5 Å². The van der Waals surface area contributed by atoms with Crippen LogP contribution in [0, 0.1) is 7.43 Å². The van der Waals surface area contributed by atoms with E-state index in [2.05, 4.69) is 6.92 Å². The van der Waals surface area contributed by atoms with Gasteiger partial charge in [-0.2, -0.15) is 0 Å². The van der Waals surface area contributed by atoms with E-state index in [0.29, 0.717) is 6.61 Å². The third-order valence-corrected chi connectivity index (χ3v) is 0.512. The van der Waals surface area contributed by atoms with Gasteiger partial charge in [-0.25, -0.2) is 0 Å². The van der Waals surface area contributed by atoms with Crippen molar-refractivity contribution < 1.29 is 26.8 Å². The Morgan fingerprint density at radius 1 is 1.43 bits per heavy atom. The van der Waals surface area contributed by atoms with E-state index in [-0.39, 0.29) is 29.1 Å². The molecule has 0 aliphatic carbocycles. The fourth-order valence-corrected chi connectivity index (χ4v) is 0.158. The van der Waals surface area contributed by atoms with Crippen LogP contribution in [-0.4, -0.2) is 11.7 Å². The second kappa shape index (κ2) is 15.9. The molecule has 0 saturated heterocycles. The fraction of sp³-hybridized carbons (Fsp3) is 0.800. The van der Waals surface area contributed by atoms with Crippen LogP contribution in [0.4, 0.5) is 0 Å². The van der Waals surface area contributed by atoms with Crippen LogP contribution >= 0.6 is 0 Å². The monoisotopic (exact) mass is 137 g/mol. The Bertz CT molecular complexity index is 15.6. The molecule has 0 aliphatic heterocycles. The number of aliphatic hydroxyl groups is 1. The Morgan fingerprint density at radius 3 is 1.86 bits per heavy atom. The maximum absolute atomic E-state index is 8.07. The zero-order valence-corrected chi connectivity index (χ0v) is 6.63. The molecule has 0 radical (unpaired) electrons. The van der Waals surface area contributed by atoms with Crippen molar-refractivity contribution in [3.8, 4) is 0 Å². The fourth-order valence-electron chi connectivity index (χ4n) is 0.158. The molecule has 0 unspecified atom stereocenters. The summed E-state index contributed by atoms with van der Waals surface area (Å²) in [5, 5.41) is 8.07. The molecule has 1 nitrogen and oxygen atoms in total. The summed E-state index contributed by atoms with van der Waals surface area (Å²) in [7, 11) is 0. The molecular formula is C5H13OTi-. The van der Waals surface area contributed by atoms with Crippen molar-refractivity contribution in [2.75, 3.05) is 6.61 Å². The van der Waals surface area contributed by atoms with Crippen LogP contribution < -0.4 is 0 Å². The SMILES string of the molecule is CCCCO.[CH3-].[Ti]. The van der Waals surface area contributed by atoms with Gasteiger partial charge in [-0.3, -0.25) is 0 Å². The molecule has 0 saturated carbocycles. The molecule has 0 aliphatic rings. The van der Waals surface area contributed by atoms with Crippen LogP contribution in [0.2, 0.25) is 0 Å².